The van der Waals surface area contributed by atoms with Gasteiger partial charge in [-0.3, -0.25) is 0 Å². The van der Waals surface area contributed by atoms with Crippen LogP contribution in [0.15, 0.2) is 41.0 Å². The molecule has 102 valence electrons. The molecule has 0 atom stereocenters. The van der Waals surface area contributed by atoms with E-state index >= 15 is 0 Å². The summed E-state index contributed by atoms with van der Waals surface area (Å²) in [5.74, 6) is 0.943. The van der Waals surface area contributed by atoms with Crippen LogP contribution in [0.5, 0.6) is 0 Å². The van der Waals surface area contributed by atoms with Gasteiger partial charge in [-0.1, -0.05) is 18.2 Å². The van der Waals surface area contributed by atoms with E-state index in [-0.39, 0.29) is 0 Å². The van der Waals surface area contributed by atoms with Crippen molar-refractivity contribution in [3.05, 3.63) is 52.3 Å². The Morgan fingerprint density at radius 1 is 1.20 bits per heavy atom. The number of hydrogen-bond donors (Lipinski definition) is 1. The molecule has 1 N–H and O–H groups in total. The van der Waals surface area contributed by atoms with Crippen LogP contribution < -0.4 is 4.90 Å². The smallest absolute Gasteiger partial charge is 0.133 e. The van der Waals surface area contributed by atoms with E-state index in [1.807, 2.05) is 12.3 Å². The summed E-state index contributed by atoms with van der Waals surface area (Å²) < 4.78 is 1.03. The number of pyridine rings is 1. The van der Waals surface area contributed by atoms with Crippen molar-refractivity contribution < 1.29 is 0 Å². The summed E-state index contributed by atoms with van der Waals surface area (Å²) >= 11 is 3.49. The summed E-state index contributed by atoms with van der Waals surface area (Å²) in [6.45, 7) is 4.17. The molecule has 0 saturated heterocycles. The third-order valence-corrected chi connectivity index (χ3v) is 4.40. The topological polar surface area (TPSA) is 31.9 Å². The van der Waals surface area contributed by atoms with Crippen molar-refractivity contribution in [2.24, 2.45) is 0 Å². The first-order chi connectivity index (χ1) is 9.58. The normalized spacial score (nSPS) is 11.0. The van der Waals surface area contributed by atoms with E-state index in [4.69, 9.17) is 0 Å². The SMILES string of the molecule is Cc1cc(N(C)c2c(C)[nH]c3ccccc23)ncc1Br. The van der Waals surface area contributed by atoms with Gasteiger partial charge in [0, 0.05) is 34.3 Å². The second-order valence-electron chi connectivity index (χ2n) is 4.99. The van der Waals surface area contributed by atoms with Crippen LogP contribution in [0.1, 0.15) is 11.3 Å². The maximum atomic E-state index is 4.51. The Morgan fingerprint density at radius 3 is 2.70 bits per heavy atom. The average molecular weight is 330 g/mol. The van der Waals surface area contributed by atoms with E-state index in [0.717, 1.165) is 21.5 Å². The molecule has 20 heavy (non-hydrogen) atoms. The molecule has 0 radical (unpaired) electrons. The van der Waals surface area contributed by atoms with E-state index in [9.17, 15) is 0 Å². The maximum absolute atomic E-state index is 4.51. The number of aromatic nitrogens is 2. The quantitative estimate of drug-likeness (QED) is 0.738. The lowest BCUT2D eigenvalue weighted by Crippen LogP contribution is -2.12. The highest BCUT2D eigenvalue weighted by Crippen LogP contribution is 2.34. The van der Waals surface area contributed by atoms with Gasteiger partial charge in [-0.2, -0.15) is 0 Å². The summed E-state index contributed by atoms with van der Waals surface area (Å²) in [5, 5.41) is 1.22. The zero-order valence-corrected chi connectivity index (χ0v) is 13.3. The number of nitrogens with zero attached hydrogens (tertiary/aromatic N) is 2. The zero-order valence-electron chi connectivity index (χ0n) is 11.7. The number of fused-ring (bicyclic) bond motifs is 1. The molecule has 2 aromatic heterocycles. The average Bonchev–Trinajstić information content (AvgIpc) is 2.77. The minimum Gasteiger partial charge on any atom is -0.357 e. The van der Waals surface area contributed by atoms with Crippen LogP contribution in [-0.4, -0.2) is 17.0 Å². The minimum atomic E-state index is 0.943. The maximum Gasteiger partial charge on any atom is 0.133 e. The van der Waals surface area contributed by atoms with E-state index in [0.29, 0.717) is 0 Å². The van der Waals surface area contributed by atoms with Gasteiger partial charge < -0.3 is 9.88 Å². The monoisotopic (exact) mass is 329 g/mol. The number of rotatable bonds is 2. The highest BCUT2D eigenvalue weighted by molar-refractivity contribution is 9.10. The number of nitrogens with one attached hydrogen (secondary N) is 1. The molecule has 0 aliphatic carbocycles. The van der Waals surface area contributed by atoms with Crippen molar-refractivity contribution in [3.8, 4) is 0 Å². The van der Waals surface area contributed by atoms with Crippen molar-refractivity contribution in [1.82, 2.24) is 9.97 Å². The predicted molar refractivity (Wildman–Crippen MR) is 87.8 cm³/mol. The van der Waals surface area contributed by atoms with Gasteiger partial charge in [-0.25, -0.2) is 4.98 Å². The van der Waals surface area contributed by atoms with Crippen molar-refractivity contribution >= 4 is 38.3 Å². The Morgan fingerprint density at radius 2 is 1.95 bits per heavy atom. The lowest BCUT2D eigenvalue weighted by atomic mass is 10.2. The second kappa shape index (κ2) is 4.94. The van der Waals surface area contributed by atoms with Crippen molar-refractivity contribution in [2.75, 3.05) is 11.9 Å². The largest absolute Gasteiger partial charge is 0.357 e. The molecule has 3 nitrogen and oxygen atoms in total. The first-order valence-corrected chi connectivity index (χ1v) is 7.30. The van der Waals surface area contributed by atoms with Gasteiger partial charge in [0.05, 0.1) is 5.69 Å². The molecular weight excluding hydrogens is 314 g/mol. The molecule has 0 unspecified atom stereocenters. The number of para-hydroxylation sites is 1. The Hall–Kier alpha value is -1.81. The van der Waals surface area contributed by atoms with Crippen LogP contribution in [0, 0.1) is 13.8 Å². The van der Waals surface area contributed by atoms with E-state index in [1.165, 1.54) is 16.6 Å². The van der Waals surface area contributed by atoms with Gasteiger partial charge >= 0.3 is 0 Å². The van der Waals surface area contributed by atoms with E-state index < -0.39 is 0 Å². The molecule has 3 aromatic rings. The standard InChI is InChI=1S/C16H16BrN3/c1-10-8-15(18-9-13(10)17)20(3)16-11(2)19-14-7-5-4-6-12(14)16/h4-9,19H,1-3H3. The van der Waals surface area contributed by atoms with Gasteiger partial charge in [-0.15, -0.1) is 0 Å². The summed E-state index contributed by atoms with van der Waals surface area (Å²) in [6, 6.07) is 10.4. The highest BCUT2D eigenvalue weighted by atomic mass is 79.9. The van der Waals surface area contributed by atoms with Crippen LogP contribution in [0.4, 0.5) is 11.5 Å². The number of anilines is 2. The fourth-order valence-corrected chi connectivity index (χ4v) is 2.73. The molecule has 0 amide bonds. The lowest BCUT2D eigenvalue weighted by Gasteiger charge is -2.19. The fraction of sp³-hybridized carbons (Fsp3) is 0.188. The molecule has 0 fully saturated rings. The van der Waals surface area contributed by atoms with Gasteiger partial charge in [-0.05, 0) is 47.5 Å². The summed E-state index contributed by atoms with van der Waals surface area (Å²) in [5.41, 5.74) is 4.66. The van der Waals surface area contributed by atoms with E-state index in [2.05, 4.69) is 76.0 Å². The Labute approximate surface area is 126 Å². The molecule has 0 spiro atoms. The molecule has 0 aliphatic rings. The third-order valence-electron chi connectivity index (χ3n) is 3.57. The lowest BCUT2D eigenvalue weighted by molar-refractivity contribution is 1.10. The molecule has 0 bridgehead atoms. The summed E-state index contributed by atoms with van der Waals surface area (Å²) in [4.78, 5) is 10.1. The van der Waals surface area contributed by atoms with Crippen molar-refractivity contribution in [3.63, 3.8) is 0 Å². The van der Waals surface area contributed by atoms with Crippen LogP contribution >= 0.6 is 15.9 Å². The van der Waals surface area contributed by atoms with Gasteiger partial charge in [0.25, 0.3) is 0 Å². The fourth-order valence-electron chi connectivity index (χ4n) is 2.52. The Balaban J connectivity index is 2.14. The summed E-state index contributed by atoms with van der Waals surface area (Å²) in [6.07, 6.45) is 1.85. The Kier molecular flexibility index (Phi) is 3.26. The second-order valence-corrected chi connectivity index (χ2v) is 5.85. The predicted octanol–water partition coefficient (Wildman–Crippen LogP) is 4.71. The molecule has 1 aromatic carbocycles. The molecule has 0 saturated carbocycles. The molecular formula is C16H16BrN3. The molecule has 4 heteroatoms. The number of aryl methyl sites for hydroxylation is 2. The summed E-state index contributed by atoms with van der Waals surface area (Å²) in [7, 11) is 2.05. The number of hydrogen-bond acceptors (Lipinski definition) is 2. The number of benzene rings is 1. The first kappa shape index (κ1) is 13.2. The van der Waals surface area contributed by atoms with E-state index in [1.54, 1.807) is 0 Å². The molecule has 3 rings (SSSR count). The highest BCUT2D eigenvalue weighted by Gasteiger charge is 2.14. The third kappa shape index (κ3) is 2.10. The first-order valence-electron chi connectivity index (χ1n) is 6.51. The van der Waals surface area contributed by atoms with Gasteiger partial charge in [0.15, 0.2) is 0 Å². The number of aromatic amines is 1. The van der Waals surface area contributed by atoms with Crippen LogP contribution in [0.3, 0.4) is 0 Å². The molecule has 2 heterocycles. The minimum absolute atomic E-state index is 0.943. The van der Waals surface area contributed by atoms with Crippen molar-refractivity contribution in [1.29, 1.82) is 0 Å². The van der Waals surface area contributed by atoms with Crippen LogP contribution in [-0.2, 0) is 0 Å². The number of halogens is 1. The Bertz CT molecular complexity index is 776. The van der Waals surface area contributed by atoms with Crippen LogP contribution in [0.25, 0.3) is 10.9 Å². The number of H-pyrrole nitrogens is 1. The van der Waals surface area contributed by atoms with Crippen LogP contribution in [0.2, 0.25) is 0 Å². The van der Waals surface area contributed by atoms with Gasteiger partial charge in [0.2, 0.25) is 0 Å². The zero-order chi connectivity index (χ0) is 14.3. The molecule has 0 aliphatic heterocycles. The van der Waals surface area contributed by atoms with Crippen molar-refractivity contribution in [2.45, 2.75) is 13.8 Å². The van der Waals surface area contributed by atoms with Gasteiger partial charge in [0.1, 0.15) is 5.82 Å².